The number of rotatable bonds is 6. The predicted octanol–water partition coefficient (Wildman–Crippen LogP) is 2.78. The van der Waals surface area contributed by atoms with E-state index in [1.165, 1.54) is 0 Å². The van der Waals surface area contributed by atoms with Crippen LogP contribution in [0, 0.1) is 5.92 Å². The third-order valence-corrected chi connectivity index (χ3v) is 4.57. The van der Waals surface area contributed by atoms with E-state index in [-0.39, 0.29) is 18.0 Å². The zero-order chi connectivity index (χ0) is 18.5. The van der Waals surface area contributed by atoms with Gasteiger partial charge in [-0.2, -0.15) is 5.10 Å². The number of para-hydroxylation sites is 1. The highest BCUT2D eigenvalue weighted by atomic mass is 16.5. The van der Waals surface area contributed by atoms with Crippen LogP contribution in [0.5, 0.6) is 5.75 Å². The van der Waals surface area contributed by atoms with Crippen molar-refractivity contribution in [1.29, 1.82) is 0 Å². The highest BCUT2D eigenvalue weighted by Crippen LogP contribution is 2.21. The standard InChI is InChI=1S/C20H28N4O2/c1-14(2)13-26-18-12-24(16-8-5-4-6-9-16)23-19(18)20(25)22-17-10-7-11-21-15(17)3/h4-6,8-9,12,14-15,17,21H,7,10-11,13H2,1-3H3,(H,22,25). The summed E-state index contributed by atoms with van der Waals surface area (Å²) in [6, 6.07) is 10.1. The Morgan fingerprint density at radius 2 is 2.15 bits per heavy atom. The van der Waals surface area contributed by atoms with Crippen LogP contribution in [0.1, 0.15) is 44.1 Å². The molecule has 0 saturated carbocycles. The second-order valence-electron chi connectivity index (χ2n) is 7.29. The summed E-state index contributed by atoms with van der Waals surface area (Å²) in [7, 11) is 0. The number of nitrogens with one attached hydrogen (secondary N) is 2. The molecule has 26 heavy (non-hydrogen) atoms. The van der Waals surface area contributed by atoms with Crippen LogP contribution in [0.4, 0.5) is 0 Å². The van der Waals surface area contributed by atoms with Crippen molar-refractivity contribution in [3.8, 4) is 11.4 Å². The van der Waals surface area contributed by atoms with Gasteiger partial charge in [-0.15, -0.1) is 0 Å². The Bertz CT molecular complexity index is 727. The fourth-order valence-corrected chi connectivity index (χ4v) is 3.07. The molecule has 1 fully saturated rings. The lowest BCUT2D eigenvalue weighted by Crippen LogP contribution is -2.52. The number of benzene rings is 1. The van der Waals surface area contributed by atoms with Crippen LogP contribution in [-0.2, 0) is 0 Å². The number of hydrogen-bond acceptors (Lipinski definition) is 4. The molecule has 6 heteroatoms. The molecule has 2 heterocycles. The average molecular weight is 356 g/mol. The molecule has 2 N–H and O–H groups in total. The fourth-order valence-electron chi connectivity index (χ4n) is 3.07. The highest BCUT2D eigenvalue weighted by molar-refractivity contribution is 5.95. The molecule has 0 spiro atoms. The molecule has 1 aliphatic heterocycles. The maximum absolute atomic E-state index is 12.9. The fraction of sp³-hybridized carbons (Fsp3) is 0.500. The minimum atomic E-state index is -0.181. The monoisotopic (exact) mass is 356 g/mol. The maximum Gasteiger partial charge on any atom is 0.275 e. The topological polar surface area (TPSA) is 68.2 Å². The molecule has 0 radical (unpaired) electrons. The summed E-state index contributed by atoms with van der Waals surface area (Å²) in [5.41, 5.74) is 1.24. The molecule has 0 bridgehead atoms. The van der Waals surface area contributed by atoms with E-state index in [4.69, 9.17) is 4.74 Å². The summed E-state index contributed by atoms with van der Waals surface area (Å²) in [6.07, 6.45) is 3.82. The van der Waals surface area contributed by atoms with Crippen molar-refractivity contribution in [2.45, 2.75) is 45.7 Å². The van der Waals surface area contributed by atoms with E-state index >= 15 is 0 Å². The summed E-state index contributed by atoms with van der Waals surface area (Å²) >= 11 is 0. The van der Waals surface area contributed by atoms with Crippen molar-refractivity contribution >= 4 is 5.91 Å². The van der Waals surface area contributed by atoms with E-state index in [2.05, 4.69) is 36.5 Å². The Labute approximate surface area is 154 Å². The normalized spacial score (nSPS) is 20.2. The molecule has 1 aliphatic rings. The molecule has 3 rings (SSSR count). The van der Waals surface area contributed by atoms with Gasteiger partial charge in [-0.3, -0.25) is 4.79 Å². The van der Waals surface area contributed by atoms with Gasteiger partial charge in [-0.25, -0.2) is 4.68 Å². The van der Waals surface area contributed by atoms with E-state index < -0.39 is 0 Å². The van der Waals surface area contributed by atoms with E-state index in [1.807, 2.05) is 30.3 Å². The van der Waals surface area contributed by atoms with Gasteiger partial charge in [0.2, 0.25) is 0 Å². The largest absolute Gasteiger partial charge is 0.489 e. The Morgan fingerprint density at radius 3 is 2.85 bits per heavy atom. The average Bonchev–Trinajstić information content (AvgIpc) is 3.07. The van der Waals surface area contributed by atoms with Crippen molar-refractivity contribution in [3.05, 3.63) is 42.2 Å². The van der Waals surface area contributed by atoms with E-state index in [0.717, 1.165) is 25.1 Å². The molecular weight excluding hydrogens is 328 g/mol. The van der Waals surface area contributed by atoms with Gasteiger partial charge in [0.1, 0.15) is 0 Å². The molecular formula is C20H28N4O2. The van der Waals surface area contributed by atoms with Crippen LogP contribution in [0.3, 0.4) is 0 Å². The third-order valence-electron chi connectivity index (χ3n) is 4.57. The zero-order valence-electron chi connectivity index (χ0n) is 15.7. The first-order valence-corrected chi connectivity index (χ1v) is 9.36. The summed E-state index contributed by atoms with van der Waals surface area (Å²) < 4.78 is 7.58. The number of ether oxygens (including phenoxy) is 1. The number of amides is 1. The second kappa shape index (κ2) is 8.36. The van der Waals surface area contributed by atoms with Crippen LogP contribution >= 0.6 is 0 Å². The Hall–Kier alpha value is -2.34. The van der Waals surface area contributed by atoms with E-state index in [9.17, 15) is 4.79 Å². The van der Waals surface area contributed by atoms with Crippen LogP contribution in [0.15, 0.2) is 36.5 Å². The SMILES string of the molecule is CC(C)COc1cn(-c2ccccc2)nc1C(=O)NC1CCCNC1C. The maximum atomic E-state index is 12.9. The van der Waals surface area contributed by atoms with Gasteiger partial charge in [0.25, 0.3) is 5.91 Å². The van der Waals surface area contributed by atoms with Crippen molar-refractivity contribution in [2.24, 2.45) is 5.92 Å². The Morgan fingerprint density at radius 1 is 1.38 bits per heavy atom. The lowest BCUT2D eigenvalue weighted by atomic mass is 10.00. The minimum Gasteiger partial charge on any atom is -0.489 e. The third kappa shape index (κ3) is 4.43. The summed E-state index contributed by atoms with van der Waals surface area (Å²) in [5, 5.41) is 11.0. The van der Waals surface area contributed by atoms with Gasteiger partial charge >= 0.3 is 0 Å². The number of nitrogens with zero attached hydrogens (tertiary/aromatic N) is 2. The lowest BCUT2D eigenvalue weighted by molar-refractivity contribution is 0.0909. The Kier molecular flexibility index (Phi) is 5.93. The van der Waals surface area contributed by atoms with Gasteiger partial charge in [-0.05, 0) is 44.4 Å². The van der Waals surface area contributed by atoms with Crippen LogP contribution in [0.25, 0.3) is 5.69 Å². The van der Waals surface area contributed by atoms with E-state index in [1.54, 1.807) is 10.9 Å². The molecule has 1 aromatic heterocycles. The van der Waals surface area contributed by atoms with Gasteiger partial charge in [-0.1, -0.05) is 32.0 Å². The first-order chi connectivity index (χ1) is 12.5. The molecule has 1 saturated heterocycles. The number of carbonyl (C=O) groups excluding carboxylic acids is 1. The van der Waals surface area contributed by atoms with Crippen LogP contribution in [0.2, 0.25) is 0 Å². The molecule has 2 unspecified atom stereocenters. The quantitative estimate of drug-likeness (QED) is 0.835. The van der Waals surface area contributed by atoms with Crippen molar-refractivity contribution in [2.75, 3.05) is 13.2 Å². The number of hydrogen-bond donors (Lipinski definition) is 2. The molecule has 2 aromatic rings. The minimum absolute atomic E-state index is 0.107. The van der Waals surface area contributed by atoms with Gasteiger partial charge in [0.05, 0.1) is 18.5 Å². The second-order valence-corrected chi connectivity index (χ2v) is 7.29. The van der Waals surface area contributed by atoms with Crippen LogP contribution in [-0.4, -0.2) is 40.9 Å². The number of aromatic nitrogens is 2. The highest BCUT2D eigenvalue weighted by Gasteiger charge is 2.26. The zero-order valence-corrected chi connectivity index (χ0v) is 15.7. The number of carbonyl (C=O) groups is 1. The summed E-state index contributed by atoms with van der Waals surface area (Å²) in [6.45, 7) is 7.80. The van der Waals surface area contributed by atoms with Crippen molar-refractivity contribution in [3.63, 3.8) is 0 Å². The van der Waals surface area contributed by atoms with Crippen molar-refractivity contribution < 1.29 is 9.53 Å². The number of piperidine rings is 1. The molecule has 2 atom stereocenters. The van der Waals surface area contributed by atoms with Gasteiger partial charge < -0.3 is 15.4 Å². The molecule has 1 amide bonds. The lowest BCUT2D eigenvalue weighted by Gasteiger charge is -2.30. The molecule has 1 aromatic carbocycles. The van der Waals surface area contributed by atoms with Gasteiger partial charge in [0.15, 0.2) is 11.4 Å². The first kappa shape index (κ1) is 18.5. The van der Waals surface area contributed by atoms with Gasteiger partial charge in [0, 0.05) is 12.1 Å². The van der Waals surface area contributed by atoms with Crippen molar-refractivity contribution in [1.82, 2.24) is 20.4 Å². The van der Waals surface area contributed by atoms with Crippen LogP contribution < -0.4 is 15.4 Å². The summed E-state index contributed by atoms with van der Waals surface area (Å²) in [4.78, 5) is 12.9. The molecule has 0 aliphatic carbocycles. The molecule has 140 valence electrons. The first-order valence-electron chi connectivity index (χ1n) is 9.36. The van der Waals surface area contributed by atoms with E-state index in [0.29, 0.717) is 24.0 Å². The predicted molar refractivity (Wildman–Crippen MR) is 102 cm³/mol. The molecule has 6 nitrogen and oxygen atoms in total. The summed E-state index contributed by atoms with van der Waals surface area (Å²) in [5.74, 6) is 0.712. The smallest absolute Gasteiger partial charge is 0.275 e. The Balaban J connectivity index is 1.83.